The molecule has 0 fully saturated rings. The van der Waals surface area contributed by atoms with Gasteiger partial charge in [0.1, 0.15) is 11.8 Å². The first-order chi connectivity index (χ1) is 14.7. The van der Waals surface area contributed by atoms with Crippen molar-refractivity contribution in [2.75, 3.05) is 5.32 Å². The summed E-state index contributed by atoms with van der Waals surface area (Å²) in [6.07, 6.45) is 2.16. The number of carbonyl (C=O) groups is 4. The molecule has 0 aliphatic heterocycles. The molecule has 0 aliphatic carbocycles. The van der Waals surface area contributed by atoms with Gasteiger partial charge in [0.2, 0.25) is 11.8 Å². The van der Waals surface area contributed by atoms with Gasteiger partial charge in [-0.05, 0) is 23.6 Å². The molecule has 1 aromatic carbocycles. The number of phenols is 1. The largest absolute Gasteiger partial charge is 0.508 e. The van der Waals surface area contributed by atoms with Crippen molar-refractivity contribution in [2.24, 2.45) is 11.7 Å². The van der Waals surface area contributed by atoms with E-state index < -0.39 is 23.9 Å². The molecule has 0 aliphatic rings. The number of nitrogens with one attached hydrogen (secondary N) is 2. The number of rotatable bonds is 12. The van der Waals surface area contributed by atoms with Crippen LogP contribution < -0.4 is 16.4 Å². The number of ketones is 1. The number of aromatic nitrogens is 1. The highest BCUT2D eigenvalue weighted by atomic mass is 32.1. The van der Waals surface area contributed by atoms with Crippen LogP contribution in [0, 0.1) is 5.92 Å². The molecule has 0 bridgehead atoms. The van der Waals surface area contributed by atoms with Crippen LogP contribution in [0.2, 0.25) is 0 Å². The number of aldehydes is 1. The van der Waals surface area contributed by atoms with E-state index >= 15 is 0 Å². The number of carbonyl (C=O) groups excluding carboxylic acids is 4. The Bertz CT molecular complexity index is 926. The van der Waals surface area contributed by atoms with Crippen molar-refractivity contribution in [3.63, 3.8) is 0 Å². The van der Waals surface area contributed by atoms with E-state index in [0.29, 0.717) is 16.3 Å². The second kappa shape index (κ2) is 11.2. The summed E-state index contributed by atoms with van der Waals surface area (Å²) in [6, 6.07) is 4.73. The fourth-order valence-electron chi connectivity index (χ4n) is 2.91. The van der Waals surface area contributed by atoms with Gasteiger partial charge >= 0.3 is 0 Å². The summed E-state index contributed by atoms with van der Waals surface area (Å²) < 4.78 is 0. The molecule has 2 atom stereocenters. The lowest BCUT2D eigenvalue weighted by atomic mass is 9.97. The van der Waals surface area contributed by atoms with Crippen LogP contribution in [0.1, 0.15) is 41.9 Å². The van der Waals surface area contributed by atoms with E-state index in [4.69, 9.17) is 5.73 Å². The molecule has 0 radical (unpaired) electrons. The summed E-state index contributed by atoms with van der Waals surface area (Å²) in [5.74, 6) is -1.30. The average Bonchev–Trinajstić information content (AvgIpc) is 3.19. The van der Waals surface area contributed by atoms with Gasteiger partial charge in [-0.2, -0.15) is 0 Å². The number of phenolic OH excluding ortho intramolecular Hbond substituents is 1. The van der Waals surface area contributed by atoms with Crippen LogP contribution in [-0.2, 0) is 20.8 Å². The van der Waals surface area contributed by atoms with Gasteiger partial charge in [0.25, 0.3) is 0 Å². The highest BCUT2D eigenvalue weighted by Gasteiger charge is 2.25. The molecule has 0 saturated carbocycles. The van der Waals surface area contributed by atoms with Gasteiger partial charge in [0.15, 0.2) is 17.2 Å². The minimum Gasteiger partial charge on any atom is -0.508 e. The minimum absolute atomic E-state index is 0.0295. The Labute approximate surface area is 184 Å². The number of nitrogens with zero attached hydrogens (tertiary/aromatic N) is 1. The van der Waals surface area contributed by atoms with Crippen molar-refractivity contribution in [2.45, 2.75) is 45.2 Å². The number of Topliss-reactive ketones (excluding diaryl/α,β-unsaturated/α-hetero) is 1. The molecule has 0 spiro atoms. The number of anilines is 1. The molecule has 166 valence electrons. The Morgan fingerprint density at radius 1 is 1.19 bits per heavy atom. The first-order valence-corrected chi connectivity index (χ1v) is 10.6. The van der Waals surface area contributed by atoms with Crippen molar-refractivity contribution >= 4 is 40.4 Å². The molecular formula is C21H26N4O5S. The number of nitrogens with two attached hydrogens (primary N) is 1. The Morgan fingerprint density at radius 3 is 2.42 bits per heavy atom. The first kappa shape index (κ1) is 24.0. The summed E-state index contributed by atoms with van der Waals surface area (Å²) in [6.45, 7) is 3.73. The van der Waals surface area contributed by atoms with Gasteiger partial charge in [-0.15, -0.1) is 0 Å². The van der Waals surface area contributed by atoms with E-state index in [0.717, 1.165) is 16.9 Å². The van der Waals surface area contributed by atoms with Crippen LogP contribution in [0.25, 0.3) is 0 Å². The van der Waals surface area contributed by atoms with E-state index in [1.807, 2.05) is 13.8 Å². The molecule has 1 unspecified atom stereocenters. The molecule has 1 heterocycles. The van der Waals surface area contributed by atoms with Crippen LogP contribution in [0.3, 0.4) is 0 Å². The number of aromatic hydroxyl groups is 1. The first-order valence-electron chi connectivity index (χ1n) is 9.76. The molecule has 0 saturated heterocycles. The number of hydrogen-bond donors (Lipinski definition) is 4. The standard InChI is InChI=1S/C21H26N4O5S/c1-12(2)19(25-21-23-10-15(11-26)31-21)17(28)7-8-18(29)24-16(20(22)30)9-13-3-5-14(27)6-4-13/h3-6,10-12,16,19,27H,7-9H2,1-2H3,(H2,22,30)(H,23,25)(H,24,29)/t16-,19?/m0/s1. The average molecular weight is 447 g/mol. The fourth-order valence-corrected chi connectivity index (χ4v) is 3.58. The second-order valence-corrected chi connectivity index (χ2v) is 8.47. The number of amides is 2. The number of benzene rings is 1. The summed E-state index contributed by atoms with van der Waals surface area (Å²) in [7, 11) is 0. The smallest absolute Gasteiger partial charge is 0.240 e. The highest BCUT2D eigenvalue weighted by molar-refractivity contribution is 7.17. The van der Waals surface area contributed by atoms with Crippen LogP contribution in [-0.4, -0.2) is 46.1 Å². The van der Waals surface area contributed by atoms with Crippen molar-refractivity contribution in [3.8, 4) is 5.75 Å². The fraction of sp³-hybridized carbons (Fsp3) is 0.381. The van der Waals surface area contributed by atoms with Crippen molar-refractivity contribution in [1.82, 2.24) is 10.3 Å². The topological polar surface area (TPSA) is 151 Å². The number of thiazole rings is 1. The predicted molar refractivity (Wildman–Crippen MR) is 117 cm³/mol. The summed E-state index contributed by atoms with van der Waals surface area (Å²) in [4.78, 5) is 52.0. The van der Waals surface area contributed by atoms with Crippen LogP contribution in [0.4, 0.5) is 5.13 Å². The van der Waals surface area contributed by atoms with Crippen LogP contribution in [0.5, 0.6) is 5.75 Å². The van der Waals surface area contributed by atoms with E-state index in [1.165, 1.54) is 18.3 Å². The highest BCUT2D eigenvalue weighted by Crippen LogP contribution is 2.20. The third kappa shape index (κ3) is 7.49. The molecule has 31 heavy (non-hydrogen) atoms. The van der Waals surface area contributed by atoms with E-state index in [2.05, 4.69) is 15.6 Å². The molecular weight excluding hydrogens is 420 g/mol. The normalized spacial score (nSPS) is 12.7. The summed E-state index contributed by atoms with van der Waals surface area (Å²) in [5.41, 5.74) is 6.12. The van der Waals surface area contributed by atoms with Gasteiger partial charge in [-0.3, -0.25) is 19.2 Å². The van der Waals surface area contributed by atoms with E-state index in [1.54, 1.807) is 12.1 Å². The zero-order valence-corrected chi connectivity index (χ0v) is 18.1. The monoisotopic (exact) mass is 446 g/mol. The number of hydrogen-bond acceptors (Lipinski definition) is 8. The quantitative estimate of drug-likeness (QED) is 0.362. The zero-order valence-electron chi connectivity index (χ0n) is 17.3. The summed E-state index contributed by atoms with van der Waals surface area (Å²) in [5, 5.41) is 15.4. The SMILES string of the molecule is CC(C)C(Nc1ncc(C=O)s1)C(=O)CCC(=O)N[C@@H](Cc1ccc(O)cc1)C(N)=O. The van der Waals surface area contributed by atoms with Crippen molar-refractivity contribution in [1.29, 1.82) is 0 Å². The lowest BCUT2D eigenvalue weighted by Gasteiger charge is -2.21. The van der Waals surface area contributed by atoms with Gasteiger partial charge < -0.3 is 21.5 Å². The maximum absolute atomic E-state index is 12.7. The number of primary amides is 1. The summed E-state index contributed by atoms with van der Waals surface area (Å²) >= 11 is 1.14. The van der Waals surface area contributed by atoms with E-state index in [9.17, 15) is 24.3 Å². The zero-order chi connectivity index (χ0) is 23.0. The van der Waals surface area contributed by atoms with E-state index in [-0.39, 0.29) is 36.7 Å². The Hall–Kier alpha value is -3.27. The van der Waals surface area contributed by atoms with Gasteiger partial charge in [0, 0.05) is 19.3 Å². The molecule has 2 rings (SSSR count). The Balaban J connectivity index is 1.91. The van der Waals surface area contributed by atoms with Crippen molar-refractivity contribution < 1.29 is 24.3 Å². The van der Waals surface area contributed by atoms with Crippen molar-refractivity contribution in [3.05, 3.63) is 40.9 Å². The molecule has 9 nitrogen and oxygen atoms in total. The second-order valence-electron chi connectivity index (χ2n) is 7.41. The maximum Gasteiger partial charge on any atom is 0.240 e. The Morgan fingerprint density at radius 2 is 1.87 bits per heavy atom. The molecule has 1 aromatic heterocycles. The van der Waals surface area contributed by atoms with Gasteiger partial charge in [-0.1, -0.05) is 37.3 Å². The third-order valence-electron chi connectivity index (χ3n) is 4.59. The van der Waals surface area contributed by atoms with Crippen LogP contribution in [0.15, 0.2) is 30.5 Å². The molecule has 5 N–H and O–H groups in total. The minimum atomic E-state index is -0.928. The van der Waals surface area contributed by atoms with Gasteiger partial charge in [0.05, 0.1) is 17.1 Å². The third-order valence-corrected chi connectivity index (χ3v) is 5.44. The van der Waals surface area contributed by atoms with Crippen LogP contribution >= 0.6 is 11.3 Å². The molecule has 10 heteroatoms. The lowest BCUT2D eigenvalue weighted by Crippen LogP contribution is -2.46. The lowest BCUT2D eigenvalue weighted by molar-refractivity contribution is -0.129. The molecule has 2 amide bonds. The Kier molecular flexibility index (Phi) is 8.68. The molecule has 2 aromatic rings. The maximum atomic E-state index is 12.7. The van der Waals surface area contributed by atoms with Gasteiger partial charge in [-0.25, -0.2) is 4.98 Å². The predicted octanol–water partition coefficient (Wildman–Crippen LogP) is 1.66.